The average Bonchev–Trinajstić information content (AvgIpc) is 2.59. The molecule has 4 heteroatoms. The lowest BCUT2D eigenvalue weighted by atomic mass is 9.95. The number of ketones is 1. The molecular weight excluding hydrogens is 304 g/mol. The topological polar surface area (TPSA) is 63.6 Å². The fourth-order valence-electron chi connectivity index (χ4n) is 2.35. The lowest BCUT2D eigenvalue weighted by molar-refractivity contribution is 0.0505. The van der Waals surface area contributed by atoms with Crippen LogP contribution in [0.3, 0.4) is 0 Å². The molecule has 0 aliphatic rings. The number of ether oxygens (including phenoxy) is 1. The van der Waals surface area contributed by atoms with E-state index in [4.69, 9.17) is 4.74 Å². The number of esters is 1. The van der Waals surface area contributed by atoms with E-state index in [2.05, 4.69) is 0 Å². The number of hydrogen-bond acceptors (Lipinski definition) is 4. The van der Waals surface area contributed by atoms with E-state index in [1.165, 1.54) is 6.07 Å². The monoisotopic (exact) mass is 326 g/mol. The second-order valence-corrected chi connectivity index (χ2v) is 5.97. The second kappa shape index (κ2) is 7.77. The molecule has 0 heterocycles. The summed E-state index contributed by atoms with van der Waals surface area (Å²) in [6.45, 7) is 5.96. The molecule has 0 amide bonds. The number of phenols is 1. The molecule has 2 aromatic carbocycles. The lowest BCUT2D eigenvalue weighted by Crippen LogP contribution is -2.07. The molecule has 0 aromatic heterocycles. The van der Waals surface area contributed by atoms with Gasteiger partial charge in [0, 0.05) is 17.0 Å². The minimum atomic E-state index is -0.396. The molecular formula is C20H22O4. The number of hydrogen-bond donors (Lipinski definition) is 1. The summed E-state index contributed by atoms with van der Waals surface area (Å²) in [5.74, 6) is -0.450. The Balaban J connectivity index is 2.39. The molecule has 0 aliphatic heterocycles. The zero-order valence-electron chi connectivity index (χ0n) is 14.2. The van der Waals surface area contributed by atoms with Crippen LogP contribution in [0.15, 0.2) is 42.5 Å². The van der Waals surface area contributed by atoms with Crippen molar-refractivity contribution in [1.29, 1.82) is 0 Å². The van der Waals surface area contributed by atoms with Gasteiger partial charge in [0.1, 0.15) is 5.75 Å². The largest absolute Gasteiger partial charge is 0.507 e. The molecule has 2 rings (SSSR count). The van der Waals surface area contributed by atoms with E-state index in [1.807, 2.05) is 20.8 Å². The first-order valence-electron chi connectivity index (χ1n) is 8.08. The highest BCUT2D eigenvalue weighted by Crippen LogP contribution is 2.31. The Kier molecular flexibility index (Phi) is 5.74. The van der Waals surface area contributed by atoms with Crippen LogP contribution >= 0.6 is 0 Å². The number of carbonyl (C=O) groups excluding carboxylic acids is 2. The summed E-state index contributed by atoms with van der Waals surface area (Å²) >= 11 is 0. The number of rotatable bonds is 6. The van der Waals surface area contributed by atoms with Crippen LogP contribution in [0.2, 0.25) is 0 Å². The molecule has 2 aromatic rings. The molecule has 1 N–H and O–H groups in total. The van der Waals surface area contributed by atoms with E-state index in [-0.39, 0.29) is 17.5 Å². The molecule has 0 radical (unpaired) electrons. The Morgan fingerprint density at radius 1 is 1.08 bits per heavy atom. The van der Waals surface area contributed by atoms with Gasteiger partial charge in [0.2, 0.25) is 0 Å². The Labute approximate surface area is 142 Å². The summed E-state index contributed by atoms with van der Waals surface area (Å²) in [5, 5.41) is 10.2. The number of carbonyl (C=O) groups is 2. The summed E-state index contributed by atoms with van der Waals surface area (Å²) in [5.41, 5.74) is 2.14. The number of Topliss-reactive ketones (excluding diaryl/α,β-unsaturated/α-hetero) is 1. The highest BCUT2D eigenvalue weighted by molar-refractivity contribution is 5.99. The zero-order chi connectivity index (χ0) is 17.7. The third-order valence-corrected chi connectivity index (χ3v) is 3.65. The summed E-state index contributed by atoms with van der Waals surface area (Å²) < 4.78 is 5.14. The van der Waals surface area contributed by atoms with Crippen LogP contribution in [0.1, 0.15) is 47.9 Å². The van der Waals surface area contributed by atoms with Crippen LogP contribution < -0.4 is 0 Å². The van der Waals surface area contributed by atoms with Crippen molar-refractivity contribution in [3.05, 3.63) is 53.6 Å². The van der Waals surface area contributed by atoms with Gasteiger partial charge in [-0.2, -0.15) is 0 Å². The first kappa shape index (κ1) is 17.7. The van der Waals surface area contributed by atoms with Crippen LogP contribution in [0, 0.1) is 5.92 Å². The van der Waals surface area contributed by atoms with Crippen molar-refractivity contribution in [2.75, 3.05) is 6.61 Å². The van der Waals surface area contributed by atoms with Crippen molar-refractivity contribution >= 4 is 11.8 Å². The van der Waals surface area contributed by atoms with Gasteiger partial charge in [-0.25, -0.2) is 4.79 Å². The van der Waals surface area contributed by atoms with Crippen molar-refractivity contribution in [3.8, 4) is 16.9 Å². The average molecular weight is 326 g/mol. The van der Waals surface area contributed by atoms with Crippen molar-refractivity contribution in [3.63, 3.8) is 0 Å². The highest BCUT2D eigenvalue weighted by atomic mass is 16.5. The summed E-state index contributed by atoms with van der Waals surface area (Å²) in [6.07, 6.45) is 0.756. The van der Waals surface area contributed by atoms with Crippen LogP contribution in [-0.2, 0) is 4.74 Å². The van der Waals surface area contributed by atoms with Gasteiger partial charge in [0.05, 0.1) is 12.2 Å². The van der Waals surface area contributed by atoms with Crippen LogP contribution in [0.5, 0.6) is 5.75 Å². The Hall–Kier alpha value is -2.62. The van der Waals surface area contributed by atoms with E-state index in [0.717, 1.165) is 6.42 Å². The molecule has 0 fully saturated rings. The Morgan fingerprint density at radius 3 is 2.50 bits per heavy atom. The van der Waals surface area contributed by atoms with E-state index >= 15 is 0 Å². The third kappa shape index (κ3) is 4.02. The molecule has 0 saturated carbocycles. The smallest absolute Gasteiger partial charge is 0.338 e. The van der Waals surface area contributed by atoms with E-state index < -0.39 is 5.97 Å². The number of aromatic hydroxyl groups is 1. The van der Waals surface area contributed by atoms with Gasteiger partial charge in [-0.05, 0) is 42.3 Å². The molecule has 0 aliphatic carbocycles. The summed E-state index contributed by atoms with van der Waals surface area (Å²) in [7, 11) is 0. The second-order valence-electron chi connectivity index (χ2n) is 5.97. The van der Waals surface area contributed by atoms with Gasteiger partial charge in [0.15, 0.2) is 5.78 Å². The van der Waals surface area contributed by atoms with E-state index in [9.17, 15) is 14.7 Å². The van der Waals surface area contributed by atoms with E-state index in [1.54, 1.807) is 36.4 Å². The SMILES string of the molecule is CCCOC(=O)c1cccc(-c2cc(C(=O)C(C)C)ccc2O)c1. The van der Waals surface area contributed by atoms with Crippen LogP contribution in [0.4, 0.5) is 0 Å². The van der Waals surface area contributed by atoms with Gasteiger partial charge in [0.25, 0.3) is 0 Å². The van der Waals surface area contributed by atoms with Crippen molar-refractivity contribution in [2.24, 2.45) is 5.92 Å². The Morgan fingerprint density at radius 2 is 1.83 bits per heavy atom. The maximum Gasteiger partial charge on any atom is 0.338 e. The third-order valence-electron chi connectivity index (χ3n) is 3.65. The molecule has 0 unspecified atom stereocenters. The predicted molar refractivity (Wildman–Crippen MR) is 93.3 cm³/mol. The summed E-state index contributed by atoms with van der Waals surface area (Å²) in [6, 6.07) is 11.6. The van der Waals surface area contributed by atoms with Crippen molar-refractivity contribution < 1.29 is 19.4 Å². The lowest BCUT2D eigenvalue weighted by Gasteiger charge is -2.10. The number of benzene rings is 2. The van der Waals surface area contributed by atoms with Crippen LogP contribution in [-0.4, -0.2) is 23.5 Å². The van der Waals surface area contributed by atoms with Crippen molar-refractivity contribution in [2.45, 2.75) is 27.2 Å². The molecule has 0 saturated heterocycles. The van der Waals surface area contributed by atoms with Gasteiger partial charge in [-0.1, -0.05) is 32.9 Å². The Bertz CT molecular complexity index is 747. The van der Waals surface area contributed by atoms with Gasteiger partial charge in [-0.15, -0.1) is 0 Å². The minimum Gasteiger partial charge on any atom is -0.507 e. The van der Waals surface area contributed by atoms with Gasteiger partial charge < -0.3 is 9.84 Å². The normalized spacial score (nSPS) is 10.7. The number of phenolic OH excluding ortho intramolecular Hbond substituents is 1. The molecule has 0 spiro atoms. The molecule has 4 nitrogen and oxygen atoms in total. The fraction of sp³-hybridized carbons (Fsp3) is 0.300. The quantitative estimate of drug-likeness (QED) is 0.628. The zero-order valence-corrected chi connectivity index (χ0v) is 14.2. The fourth-order valence-corrected chi connectivity index (χ4v) is 2.35. The van der Waals surface area contributed by atoms with Gasteiger partial charge >= 0.3 is 5.97 Å². The van der Waals surface area contributed by atoms with Crippen molar-refractivity contribution in [1.82, 2.24) is 0 Å². The highest BCUT2D eigenvalue weighted by Gasteiger charge is 2.15. The molecule has 126 valence electrons. The molecule has 0 bridgehead atoms. The predicted octanol–water partition coefficient (Wildman–Crippen LogP) is 4.46. The van der Waals surface area contributed by atoms with Gasteiger partial charge in [-0.3, -0.25) is 4.79 Å². The van der Waals surface area contributed by atoms with E-state index in [0.29, 0.717) is 28.9 Å². The standard InChI is InChI=1S/C20H22O4/c1-4-10-24-20(23)16-7-5-6-14(11-16)17-12-15(8-9-18(17)21)19(22)13(2)3/h5-9,11-13,21H,4,10H2,1-3H3. The molecule has 0 atom stereocenters. The maximum atomic E-state index is 12.2. The van der Waals surface area contributed by atoms with Crippen LogP contribution in [0.25, 0.3) is 11.1 Å². The minimum absolute atomic E-state index is 0.00904. The first-order valence-corrected chi connectivity index (χ1v) is 8.08. The maximum absolute atomic E-state index is 12.2. The summed E-state index contributed by atoms with van der Waals surface area (Å²) in [4.78, 5) is 24.2. The molecule has 24 heavy (non-hydrogen) atoms. The first-order chi connectivity index (χ1) is 11.4.